The molecule has 0 saturated carbocycles. The second-order valence-corrected chi connectivity index (χ2v) is 6.54. The summed E-state index contributed by atoms with van der Waals surface area (Å²) in [5.74, 6) is -2.31. The first-order valence-electron chi connectivity index (χ1n) is 9.22. The summed E-state index contributed by atoms with van der Waals surface area (Å²) in [4.78, 5) is 53.4. The molecular formula is C24H16N2O4. The van der Waals surface area contributed by atoms with Crippen molar-refractivity contribution in [3.05, 3.63) is 113 Å². The van der Waals surface area contributed by atoms with Crippen LogP contribution in [0.4, 0.5) is 4.79 Å². The van der Waals surface area contributed by atoms with Gasteiger partial charge in [-0.25, -0.2) is 9.69 Å². The van der Waals surface area contributed by atoms with Gasteiger partial charge in [-0.2, -0.15) is 4.90 Å². The smallest absolute Gasteiger partial charge is 0.268 e. The molecule has 3 aromatic carbocycles. The van der Waals surface area contributed by atoms with Gasteiger partial charge in [0.2, 0.25) is 0 Å². The van der Waals surface area contributed by atoms with Gasteiger partial charge in [0.25, 0.3) is 17.7 Å². The Bertz CT molecular complexity index is 1160. The molecule has 6 nitrogen and oxygen atoms in total. The highest BCUT2D eigenvalue weighted by molar-refractivity contribution is 6.30. The fourth-order valence-electron chi connectivity index (χ4n) is 3.13. The predicted octanol–water partition coefficient (Wildman–Crippen LogP) is 3.97. The zero-order valence-electron chi connectivity index (χ0n) is 15.8. The molecule has 146 valence electrons. The van der Waals surface area contributed by atoms with Gasteiger partial charge in [0, 0.05) is 11.1 Å². The van der Waals surface area contributed by atoms with Crippen LogP contribution in [0.1, 0.15) is 26.3 Å². The Balaban J connectivity index is 1.80. The number of nitrogens with zero attached hydrogens (tertiary/aromatic N) is 2. The van der Waals surface area contributed by atoms with E-state index < -0.39 is 23.8 Å². The first kappa shape index (κ1) is 19.0. The molecule has 4 rings (SSSR count). The van der Waals surface area contributed by atoms with Crippen LogP contribution in [-0.4, -0.2) is 33.6 Å². The summed E-state index contributed by atoms with van der Waals surface area (Å²) >= 11 is 0. The van der Waals surface area contributed by atoms with Gasteiger partial charge in [0.05, 0.1) is 0 Å². The van der Waals surface area contributed by atoms with Crippen molar-refractivity contribution in [1.29, 1.82) is 0 Å². The Morgan fingerprint density at radius 1 is 0.600 bits per heavy atom. The maximum Gasteiger partial charge on any atom is 0.346 e. The molecule has 30 heavy (non-hydrogen) atoms. The van der Waals surface area contributed by atoms with Gasteiger partial charge in [-0.15, -0.1) is 0 Å². The molecule has 3 aromatic rings. The quantitative estimate of drug-likeness (QED) is 0.381. The van der Waals surface area contributed by atoms with E-state index in [1.807, 2.05) is 6.07 Å². The van der Waals surface area contributed by atoms with Crippen LogP contribution < -0.4 is 0 Å². The Hall–Kier alpha value is -4.32. The third-order valence-electron chi connectivity index (χ3n) is 4.60. The average molecular weight is 396 g/mol. The Kier molecular flexibility index (Phi) is 5.05. The van der Waals surface area contributed by atoms with Crippen molar-refractivity contribution in [3.8, 4) is 0 Å². The van der Waals surface area contributed by atoms with Crippen molar-refractivity contribution >= 4 is 29.8 Å². The standard InChI is InChI=1S/C24H16N2O4/c27-21(18-12-6-2-7-13-18)25-20(16-17-10-4-1-5-11-17)23(29)26(24(25)30)22(28)19-14-8-3-9-15-19/h1-16H/b20-16+. The molecule has 0 aliphatic carbocycles. The summed E-state index contributed by atoms with van der Waals surface area (Å²) in [6.07, 6.45) is 1.43. The minimum atomic E-state index is -0.995. The van der Waals surface area contributed by atoms with E-state index in [1.165, 1.54) is 18.2 Å². The number of hydrogen-bond acceptors (Lipinski definition) is 4. The van der Waals surface area contributed by atoms with E-state index in [2.05, 4.69) is 0 Å². The fourth-order valence-corrected chi connectivity index (χ4v) is 3.13. The van der Waals surface area contributed by atoms with Gasteiger partial charge in [-0.3, -0.25) is 14.4 Å². The highest BCUT2D eigenvalue weighted by Crippen LogP contribution is 2.27. The Labute approximate surface area is 172 Å². The summed E-state index contributed by atoms with van der Waals surface area (Å²) in [7, 11) is 0. The highest BCUT2D eigenvalue weighted by atomic mass is 16.2. The molecule has 1 fully saturated rings. The van der Waals surface area contributed by atoms with Crippen LogP contribution in [0.15, 0.2) is 96.7 Å². The zero-order valence-corrected chi connectivity index (χ0v) is 15.8. The van der Waals surface area contributed by atoms with Gasteiger partial charge in [-0.1, -0.05) is 66.7 Å². The molecule has 5 amide bonds. The lowest BCUT2D eigenvalue weighted by molar-refractivity contribution is -0.121. The van der Waals surface area contributed by atoms with Crippen molar-refractivity contribution in [2.24, 2.45) is 0 Å². The van der Waals surface area contributed by atoms with Crippen molar-refractivity contribution < 1.29 is 19.2 Å². The van der Waals surface area contributed by atoms with E-state index >= 15 is 0 Å². The van der Waals surface area contributed by atoms with Crippen LogP contribution >= 0.6 is 0 Å². The van der Waals surface area contributed by atoms with Crippen molar-refractivity contribution in [2.75, 3.05) is 0 Å². The third kappa shape index (κ3) is 3.42. The molecule has 0 unspecified atom stereocenters. The summed E-state index contributed by atoms with van der Waals surface area (Å²) in [5, 5.41) is 0. The molecule has 0 radical (unpaired) electrons. The molecule has 1 aliphatic heterocycles. The van der Waals surface area contributed by atoms with Gasteiger partial charge in [0.1, 0.15) is 5.70 Å². The van der Waals surface area contributed by atoms with E-state index in [0.29, 0.717) is 10.5 Å². The minimum Gasteiger partial charge on any atom is -0.268 e. The number of carbonyl (C=O) groups is 4. The van der Waals surface area contributed by atoms with E-state index in [1.54, 1.807) is 72.8 Å². The molecule has 0 atom stereocenters. The summed E-state index contributed by atoms with van der Waals surface area (Å²) in [6.45, 7) is 0. The largest absolute Gasteiger partial charge is 0.346 e. The van der Waals surface area contributed by atoms with Crippen LogP contribution in [0.3, 0.4) is 0 Å². The molecule has 1 heterocycles. The molecular weight excluding hydrogens is 380 g/mol. The fraction of sp³-hybridized carbons (Fsp3) is 0. The lowest BCUT2D eigenvalue weighted by atomic mass is 10.1. The molecule has 1 saturated heterocycles. The third-order valence-corrected chi connectivity index (χ3v) is 4.60. The molecule has 0 N–H and O–H groups in total. The van der Waals surface area contributed by atoms with Crippen LogP contribution in [0.2, 0.25) is 0 Å². The van der Waals surface area contributed by atoms with Crippen LogP contribution in [0.25, 0.3) is 6.08 Å². The van der Waals surface area contributed by atoms with Gasteiger partial charge < -0.3 is 0 Å². The van der Waals surface area contributed by atoms with Crippen molar-refractivity contribution in [1.82, 2.24) is 9.80 Å². The molecule has 0 bridgehead atoms. The van der Waals surface area contributed by atoms with Crippen LogP contribution in [0, 0.1) is 0 Å². The average Bonchev–Trinajstić information content (AvgIpc) is 3.04. The SMILES string of the molecule is O=C1/C(=C\c2ccccc2)N(C(=O)c2ccccc2)C(=O)N1C(=O)c1ccccc1. The van der Waals surface area contributed by atoms with Crippen molar-refractivity contribution in [3.63, 3.8) is 0 Å². The van der Waals surface area contributed by atoms with E-state index in [-0.39, 0.29) is 16.8 Å². The second kappa shape index (κ2) is 7.97. The minimum absolute atomic E-state index is 0.173. The summed E-state index contributed by atoms with van der Waals surface area (Å²) < 4.78 is 0. The van der Waals surface area contributed by atoms with E-state index in [9.17, 15) is 19.2 Å². The number of imide groups is 4. The zero-order chi connectivity index (χ0) is 21.1. The van der Waals surface area contributed by atoms with Gasteiger partial charge in [-0.05, 0) is 35.9 Å². The predicted molar refractivity (Wildman–Crippen MR) is 110 cm³/mol. The number of benzene rings is 3. The molecule has 0 spiro atoms. The Morgan fingerprint density at radius 2 is 1.03 bits per heavy atom. The van der Waals surface area contributed by atoms with Gasteiger partial charge in [0.15, 0.2) is 0 Å². The number of rotatable bonds is 3. The highest BCUT2D eigenvalue weighted by Gasteiger charge is 2.48. The summed E-state index contributed by atoms with van der Waals surface area (Å²) in [6, 6.07) is 23.9. The monoisotopic (exact) mass is 396 g/mol. The lowest BCUT2D eigenvalue weighted by Crippen LogP contribution is -2.39. The number of urea groups is 1. The van der Waals surface area contributed by atoms with Crippen molar-refractivity contribution in [2.45, 2.75) is 0 Å². The number of hydrogen-bond donors (Lipinski definition) is 0. The van der Waals surface area contributed by atoms with E-state index in [0.717, 1.165) is 4.90 Å². The first-order valence-corrected chi connectivity index (χ1v) is 9.22. The number of carbonyl (C=O) groups excluding carboxylic acids is 4. The van der Waals surface area contributed by atoms with Crippen LogP contribution in [0.5, 0.6) is 0 Å². The molecule has 0 aromatic heterocycles. The first-order chi connectivity index (χ1) is 14.6. The number of amides is 5. The maximum absolute atomic E-state index is 13.1. The summed E-state index contributed by atoms with van der Waals surface area (Å²) in [5.41, 5.74) is 0.844. The molecule has 6 heteroatoms. The molecule has 1 aliphatic rings. The lowest BCUT2D eigenvalue weighted by Gasteiger charge is -2.15. The second-order valence-electron chi connectivity index (χ2n) is 6.54. The normalized spacial score (nSPS) is 15.0. The Morgan fingerprint density at radius 3 is 1.53 bits per heavy atom. The van der Waals surface area contributed by atoms with Gasteiger partial charge >= 0.3 is 6.03 Å². The van der Waals surface area contributed by atoms with E-state index in [4.69, 9.17) is 0 Å². The van der Waals surface area contributed by atoms with Crippen LogP contribution in [-0.2, 0) is 4.79 Å². The topological polar surface area (TPSA) is 74.8 Å². The maximum atomic E-state index is 13.1.